The molecule has 10 nitrogen and oxygen atoms in total. The molecule has 1 atom stereocenters. The van der Waals surface area contributed by atoms with Crippen LogP contribution in [0.1, 0.15) is 18.5 Å². The number of nitrogens with zero attached hydrogens (tertiary/aromatic N) is 6. The Morgan fingerprint density at radius 2 is 2.22 bits per heavy atom. The number of aromatic nitrogens is 5. The Hall–Kier alpha value is -2.21. The summed E-state index contributed by atoms with van der Waals surface area (Å²) in [6.45, 7) is -0.546. The SMILES string of the molecule is O=Nc1nccn1Cn1cc(CC(CCCF)S(=O)(=O)O)nn1. The molecule has 2 rings (SSSR count). The predicted octanol–water partition coefficient (Wildman–Crippen LogP) is 0.927. The lowest BCUT2D eigenvalue weighted by atomic mass is 10.1. The molecule has 2 aromatic heterocycles. The molecule has 0 aliphatic carbocycles. The van der Waals surface area contributed by atoms with E-state index in [1.807, 2.05) is 0 Å². The van der Waals surface area contributed by atoms with Gasteiger partial charge in [0.15, 0.2) is 0 Å². The van der Waals surface area contributed by atoms with Gasteiger partial charge in [0, 0.05) is 24.0 Å². The van der Waals surface area contributed by atoms with Crippen LogP contribution in [0.5, 0.6) is 0 Å². The predicted molar refractivity (Wildman–Crippen MR) is 77.4 cm³/mol. The van der Waals surface area contributed by atoms with Gasteiger partial charge in [0.05, 0.1) is 23.8 Å². The van der Waals surface area contributed by atoms with Crippen LogP contribution in [0, 0.1) is 4.91 Å². The Labute approximate surface area is 131 Å². The van der Waals surface area contributed by atoms with Gasteiger partial charge in [-0.3, -0.25) is 13.5 Å². The Morgan fingerprint density at radius 1 is 1.43 bits per heavy atom. The molecule has 0 amide bonds. The van der Waals surface area contributed by atoms with Gasteiger partial charge in [-0.05, 0) is 12.8 Å². The monoisotopic (exact) mass is 346 g/mol. The van der Waals surface area contributed by atoms with Gasteiger partial charge in [-0.2, -0.15) is 8.42 Å². The van der Waals surface area contributed by atoms with Gasteiger partial charge in [0.25, 0.3) is 16.1 Å². The highest BCUT2D eigenvalue weighted by atomic mass is 32.2. The minimum absolute atomic E-state index is 0.0110. The van der Waals surface area contributed by atoms with E-state index in [1.54, 1.807) is 0 Å². The molecule has 1 unspecified atom stereocenters. The number of imidazole rings is 1. The van der Waals surface area contributed by atoms with Crippen LogP contribution in [0.25, 0.3) is 0 Å². The summed E-state index contributed by atoms with van der Waals surface area (Å²) in [6.07, 6.45) is 4.34. The number of nitroso groups, excluding NO2 is 1. The van der Waals surface area contributed by atoms with Gasteiger partial charge in [0.2, 0.25) is 0 Å². The normalized spacial score (nSPS) is 13.1. The van der Waals surface area contributed by atoms with Gasteiger partial charge in [-0.15, -0.1) is 10.0 Å². The topological polar surface area (TPSA) is 132 Å². The van der Waals surface area contributed by atoms with Crippen molar-refractivity contribution in [3.05, 3.63) is 29.2 Å². The third kappa shape index (κ3) is 4.63. The number of hydrogen-bond donors (Lipinski definition) is 1. The smallest absolute Gasteiger partial charge is 0.273 e. The number of rotatable bonds is 9. The van der Waals surface area contributed by atoms with Gasteiger partial charge in [-0.1, -0.05) is 5.21 Å². The van der Waals surface area contributed by atoms with Gasteiger partial charge >= 0.3 is 0 Å². The molecule has 0 spiro atoms. The molecule has 126 valence electrons. The Morgan fingerprint density at radius 3 is 2.87 bits per heavy atom. The minimum Gasteiger partial charge on any atom is -0.293 e. The highest BCUT2D eigenvalue weighted by Crippen LogP contribution is 2.14. The zero-order chi connectivity index (χ0) is 16.9. The average Bonchev–Trinajstić information content (AvgIpc) is 3.11. The third-order valence-corrected chi connectivity index (χ3v) is 4.42. The van der Waals surface area contributed by atoms with Crippen LogP contribution in [-0.2, 0) is 23.2 Å². The fourth-order valence-electron chi connectivity index (χ4n) is 2.06. The third-order valence-electron chi connectivity index (χ3n) is 3.18. The Kier molecular flexibility index (Phi) is 5.50. The van der Waals surface area contributed by atoms with Crippen LogP contribution in [0.2, 0.25) is 0 Å². The van der Waals surface area contributed by atoms with Gasteiger partial charge < -0.3 is 0 Å². The molecule has 1 N–H and O–H groups in total. The first-order valence-electron chi connectivity index (χ1n) is 6.69. The van der Waals surface area contributed by atoms with E-state index in [0.29, 0.717) is 5.69 Å². The summed E-state index contributed by atoms with van der Waals surface area (Å²) < 4.78 is 46.8. The quantitative estimate of drug-likeness (QED) is 0.527. The summed E-state index contributed by atoms with van der Waals surface area (Å²) >= 11 is 0. The maximum Gasteiger partial charge on any atom is 0.273 e. The summed E-state index contributed by atoms with van der Waals surface area (Å²) in [5, 5.41) is 9.23. The van der Waals surface area contributed by atoms with Crippen LogP contribution in [-0.4, -0.2) is 49.4 Å². The lowest BCUT2D eigenvalue weighted by Crippen LogP contribution is -2.23. The van der Waals surface area contributed by atoms with E-state index in [2.05, 4.69) is 20.5 Å². The number of hydrogen-bond acceptors (Lipinski definition) is 7. The van der Waals surface area contributed by atoms with E-state index in [4.69, 9.17) is 0 Å². The largest absolute Gasteiger partial charge is 0.293 e. The molecular weight excluding hydrogens is 331 g/mol. The van der Waals surface area contributed by atoms with E-state index in [9.17, 15) is 22.3 Å². The van der Waals surface area contributed by atoms with Gasteiger partial charge in [-0.25, -0.2) is 9.67 Å². The molecule has 2 aromatic rings. The fourth-order valence-corrected chi connectivity index (χ4v) is 2.91. The second-order valence-electron chi connectivity index (χ2n) is 4.85. The van der Waals surface area contributed by atoms with Crippen LogP contribution in [0.15, 0.2) is 23.8 Å². The maximum absolute atomic E-state index is 12.2. The first kappa shape index (κ1) is 17.1. The second-order valence-corrected chi connectivity index (χ2v) is 6.55. The summed E-state index contributed by atoms with van der Waals surface area (Å²) in [4.78, 5) is 14.3. The fraction of sp³-hybridized carbons (Fsp3) is 0.545. The summed E-state index contributed by atoms with van der Waals surface area (Å²) in [5.41, 5.74) is 0.326. The molecule has 0 saturated heterocycles. The van der Waals surface area contributed by atoms with E-state index < -0.39 is 22.0 Å². The average molecular weight is 346 g/mol. The molecule has 23 heavy (non-hydrogen) atoms. The zero-order valence-corrected chi connectivity index (χ0v) is 12.8. The molecule has 0 aromatic carbocycles. The van der Waals surface area contributed by atoms with E-state index >= 15 is 0 Å². The number of halogens is 1. The van der Waals surface area contributed by atoms with E-state index in [1.165, 1.54) is 27.8 Å². The highest BCUT2D eigenvalue weighted by molar-refractivity contribution is 7.86. The molecule has 0 aliphatic heterocycles. The summed E-state index contributed by atoms with van der Waals surface area (Å²) in [5.74, 6) is -0.0270. The highest BCUT2D eigenvalue weighted by Gasteiger charge is 2.24. The van der Waals surface area contributed by atoms with Crippen molar-refractivity contribution >= 4 is 16.1 Å². The molecule has 0 fully saturated rings. The standard InChI is InChI=1S/C11H15FN6O4S/c12-3-1-2-10(23(20,21)22)6-9-7-18(16-14-9)8-17-5-4-13-11(17)15-19/h4-5,7,10H,1-3,6,8H2,(H,20,21,22). The van der Waals surface area contributed by atoms with Crippen molar-refractivity contribution in [1.29, 1.82) is 0 Å². The lowest BCUT2D eigenvalue weighted by molar-refractivity contribution is 0.431. The van der Waals surface area contributed by atoms with Crippen molar-refractivity contribution in [2.24, 2.45) is 5.18 Å². The van der Waals surface area contributed by atoms with E-state index in [0.717, 1.165) is 0 Å². The Balaban J connectivity index is 2.07. The molecule has 0 radical (unpaired) electrons. The molecule has 12 heteroatoms. The second kappa shape index (κ2) is 7.37. The minimum atomic E-state index is -4.30. The molecule has 2 heterocycles. The van der Waals surface area contributed by atoms with E-state index in [-0.39, 0.29) is 31.9 Å². The van der Waals surface area contributed by atoms with Crippen molar-refractivity contribution in [3.8, 4) is 0 Å². The maximum atomic E-state index is 12.2. The first-order chi connectivity index (χ1) is 10.9. The van der Waals surface area contributed by atoms with Gasteiger partial charge in [0.1, 0.15) is 6.67 Å². The molecule has 0 aliphatic rings. The van der Waals surface area contributed by atoms with Crippen LogP contribution >= 0.6 is 0 Å². The lowest BCUT2D eigenvalue weighted by Gasteiger charge is -2.10. The Bertz CT molecular complexity index is 758. The molecule has 0 bridgehead atoms. The van der Waals surface area contributed by atoms with Crippen LogP contribution < -0.4 is 0 Å². The molecule has 0 saturated carbocycles. The number of alkyl halides is 1. The van der Waals surface area contributed by atoms with Crippen LogP contribution in [0.4, 0.5) is 10.3 Å². The van der Waals surface area contributed by atoms with Crippen molar-refractivity contribution in [3.63, 3.8) is 0 Å². The van der Waals surface area contributed by atoms with Crippen molar-refractivity contribution in [2.75, 3.05) is 6.67 Å². The first-order valence-corrected chi connectivity index (χ1v) is 8.20. The molecular formula is C11H15FN6O4S. The van der Waals surface area contributed by atoms with Crippen molar-refractivity contribution < 1.29 is 17.4 Å². The summed E-state index contributed by atoms with van der Waals surface area (Å²) in [6, 6.07) is 0. The summed E-state index contributed by atoms with van der Waals surface area (Å²) in [7, 11) is -4.30. The van der Waals surface area contributed by atoms with Crippen LogP contribution in [0.3, 0.4) is 0 Å². The zero-order valence-electron chi connectivity index (χ0n) is 12.0. The van der Waals surface area contributed by atoms with Crippen molar-refractivity contribution in [1.82, 2.24) is 24.5 Å². The van der Waals surface area contributed by atoms with Crippen molar-refractivity contribution in [2.45, 2.75) is 31.2 Å².